The molecule has 0 unspecified atom stereocenters. The average Bonchev–Trinajstić information content (AvgIpc) is 1.63. The Kier molecular flexibility index (Phi) is 47.4. The second-order valence-electron chi connectivity index (χ2n) is 41.9. The molecule has 0 bridgehead atoms. The largest absolute Gasteiger partial charge is 0.508 e. The number of hydrogen-bond acceptors (Lipinski definition) is 30. The first-order valence-corrected chi connectivity index (χ1v) is 54.0. The topological polar surface area (TPSA) is 522 Å². The molecule has 830 valence electrons. The molecule has 5 saturated carbocycles. The molecule has 5 aromatic rings. The number of hydrogen-bond donors (Lipinski definition) is 11. The van der Waals surface area contributed by atoms with E-state index >= 15 is 0 Å². The number of esters is 4. The van der Waals surface area contributed by atoms with Crippen LogP contribution >= 0.6 is 0 Å². The van der Waals surface area contributed by atoms with Crippen LogP contribution in [0.3, 0.4) is 0 Å². The lowest BCUT2D eigenvalue weighted by molar-refractivity contribution is -0.155. The van der Waals surface area contributed by atoms with Crippen molar-refractivity contribution >= 4 is 59.9 Å². The van der Waals surface area contributed by atoms with Crippen molar-refractivity contribution in [3.8, 4) is 28.7 Å². The summed E-state index contributed by atoms with van der Waals surface area (Å²) in [5, 5.41) is 107. The number of aliphatic hydroxyl groups excluding tert-OH is 6. The molecule has 0 amide bonds. The summed E-state index contributed by atoms with van der Waals surface area (Å²) in [6, 6.07) is 29.0. The summed E-state index contributed by atoms with van der Waals surface area (Å²) in [6.07, 6.45) is 19.9. The van der Waals surface area contributed by atoms with Gasteiger partial charge in [0.15, 0.2) is 33.0 Å². The predicted octanol–water partition coefficient (Wildman–Crippen LogP) is 13.8. The minimum Gasteiger partial charge on any atom is -0.482 e. The molecule has 0 aromatic heterocycles. The van der Waals surface area contributed by atoms with E-state index in [-0.39, 0.29) is 155 Å². The Balaban J connectivity index is 0.000000178. The molecule has 15 rings (SSSR count). The smallest absolute Gasteiger partial charge is 0.482 e. The second kappa shape index (κ2) is 59.5. The van der Waals surface area contributed by atoms with Crippen LogP contribution < -0.4 is 23.7 Å². The van der Waals surface area contributed by atoms with Gasteiger partial charge in [-0.25, -0.2) is 43.2 Å². The first-order valence-electron chi connectivity index (χ1n) is 54.0. The van der Waals surface area contributed by atoms with Crippen molar-refractivity contribution in [1.82, 2.24) is 0 Å². The van der Waals surface area contributed by atoms with Gasteiger partial charge in [-0.15, -0.1) is 0 Å². The van der Waals surface area contributed by atoms with Crippen LogP contribution in [0.5, 0.6) is 28.7 Å². The van der Waals surface area contributed by atoms with E-state index in [1.165, 1.54) is 36.5 Å². The summed E-state index contributed by atoms with van der Waals surface area (Å²) in [5.41, 5.74) is 11.2. The lowest BCUT2D eigenvalue weighted by atomic mass is 9.73. The molecule has 5 fully saturated rings. The first kappa shape index (κ1) is 119. The Labute approximate surface area is 879 Å². The Morgan fingerprint density at radius 2 is 0.540 bits per heavy atom. The van der Waals surface area contributed by atoms with Gasteiger partial charge >= 0.3 is 59.9 Å². The summed E-state index contributed by atoms with van der Waals surface area (Å²) in [5.74, 6) is 1.06. The van der Waals surface area contributed by atoms with Gasteiger partial charge in [0.25, 0.3) is 0 Å². The Bertz CT molecular complexity index is 4940. The van der Waals surface area contributed by atoms with Crippen LogP contribution in [-0.2, 0) is 150 Å². The quantitative estimate of drug-likeness (QED) is 0.0127. The molecule has 0 radical (unpaired) electrons. The molecule has 150 heavy (non-hydrogen) atoms. The molecule has 10 aliphatic carbocycles. The third kappa shape index (κ3) is 33.9. The zero-order chi connectivity index (χ0) is 108. The van der Waals surface area contributed by atoms with Gasteiger partial charge in [0.05, 0.1) is 50.7 Å². The molecule has 10 aliphatic rings. The fourth-order valence-electron chi connectivity index (χ4n) is 25.6. The number of carbonyl (C=O) groups is 10. The lowest BCUT2D eigenvalue weighted by Gasteiger charge is -2.32. The molecular formula is C115H160O35. The first-order chi connectivity index (χ1) is 72.1. The minimum atomic E-state index is -1.000. The van der Waals surface area contributed by atoms with E-state index in [0.717, 1.165) is 200 Å². The molecule has 11 N–H and O–H groups in total. The number of aliphatic carboxylic acids is 5. The average molecular weight is 2100 g/mol. The highest BCUT2D eigenvalue weighted by atomic mass is 16.7. The number of fused-ring (bicyclic) bond motifs is 10. The van der Waals surface area contributed by atoms with Crippen LogP contribution in [0.2, 0.25) is 0 Å². The number of carboxylic acids is 5. The third-order valence-electron chi connectivity index (χ3n) is 32.8. The number of carboxylic acid groups (broad SMARTS) is 5. The van der Waals surface area contributed by atoms with Gasteiger partial charge in [0, 0.05) is 20.8 Å². The van der Waals surface area contributed by atoms with Crippen molar-refractivity contribution in [3.05, 3.63) is 147 Å². The van der Waals surface area contributed by atoms with E-state index in [9.17, 15) is 73.5 Å². The van der Waals surface area contributed by atoms with E-state index in [1.807, 2.05) is 102 Å². The maximum absolute atomic E-state index is 11.9. The van der Waals surface area contributed by atoms with E-state index in [2.05, 4.69) is 35.1 Å². The van der Waals surface area contributed by atoms with Crippen LogP contribution in [0, 0.1) is 88.8 Å². The van der Waals surface area contributed by atoms with Crippen LogP contribution in [0.1, 0.15) is 232 Å². The second-order valence-corrected chi connectivity index (χ2v) is 41.9. The number of carbonyl (C=O) groups excluding carboxylic acids is 5. The summed E-state index contributed by atoms with van der Waals surface area (Å²) >= 11 is 0. The lowest BCUT2D eigenvalue weighted by Crippen LogP contribution is -2.29. The summed E-state index contributed by atoms with van der Waals surface area (Å²) in [6.45, 7) is 10.2. The zero-order valence-electron chi connectivity index (χ0n) is 88.3. The van der Waals surface area contributed by atoms with Crippen LogP contribution in [0.4, 0.5) is 4.79 Å². The predicted molar refractivity (Wildman–Crippen MR) is 547 cm³/mol. The molecule has 0 saturated heterocycles. The minimum absolute atomic E-state index is 0.0210. The highest BCUT2D eigenvalue weighted by Crippen LogP contribution is 2.55. The summed E-state index contributed by atoms with van der Waals surface area (Å²) < 4.78 is 74.1. The Morgan fingerprint density at radius 1 is 0.300 bits per heavy atom. The normalized spacial score (nSPS) is 25.8. The van der Waals surface area contributed by atoms with Gasteiger partial charge in [-0.1, -0.05) is 95.3 Å². The van der Waals surface area contributed by atoms with E-state index in [1.54, 1.807) is 7.11 Å². The maximum atomic E-state index is 11.9. The third-order valence-corrected chi connectivity index (χ3v) is 32.8. The Morgan fingerprint density at radius 3 is 0.760 bits per heavy atom. The zero-order valence-corrected chi connectivity index (χ0v) is 88.3. The van der Waals surface area contributed by atoms with Crippen molar-refractivity contribution in [2.24, 2.45) is 88.8 Å². The van der Waals surface area contributed by atoms with Gasteiger partial charge in [-0.05, 0) is 374 Å². The highest BCUT2D eigenvalue weighted by Gasteiger charge is 2.51. The van der Waals surface area contributed by atoms with E-state index in [0.29, 0.717) is 127 Å². The summed E-state index contributed by atoms with van der Waals surface area (Å²) in [4.78, 5) is 113. The fraction of sp³-hybridized carbons (Fsp3) is 0.652. The SMILES string of the molecule is CCOCC(=O)O[C@@H](CC)CC[C@@H]1[C@H]2Cc3cccc(OCC(=O)O)c3C[C@H]2C[C@H]1O.CC[C@@H](CC[C@@H]1[C@H]2Cc3cccc(OCC(=O)O)c3C[C@H]2C[C@H]1O)OC(=O)CCOC.CC[C@@H](CC[C@@H]1[C@H]2Cc3cccc(OCC(=O)O)c3C[C@H]2C[C@H]1O)OC(=O)CO.CC[C@@H](CC[C@@H]1[C@H]2Cc3cccc(OCC(=O)O)c3C[C@H]2C[C@H]1O)OC(=O)COC.CC[C@@H](CC[C@@H]1[C@H]2Cc3cccc(OCC(=O)O)c3C[C@H]2C[C@H]1O)OC(=O)OC. The maximum Gasteiger partial charge on any atom is 0.508 e. The van der Waals surface area contributed by atoms with Crippen LogP contribution in [-0.4, -0.2) is 264 Å². The van der Waals surface area contributed by atoms with Gasteiger partial charge < -0.3 is 122 Å². The molecule has 35 nitrogen and oxygen atoms in total. The highest BCUT2D eigenvalue weighted by molar-refractivity contribution is 5.73. The number of benzene rings is 5. The number of methoxy groups -OCH3 is 3. The standard InChI is InChI=1S/2C24H34O7.C23H32O7.2C22H30O7/c1-3-17(31-24(28)9-10-29-2)7-8-18-19-11-15-5-4-6-22(30-14-23(26)27)20(15)12-16(19)13-21(18)25;1-3-17(31-24(28)14-29-4-2)8-9-18-19-10-15-6-5-7-22(30-13-23(26)27)20(15)11-16(19)12-21(18)25;1-3-16(30-23(27)13-28-2)7-8-17-18-9-14-5-4-6-21(29-12-22(25)26)19(14)10-15(18)11-20(17)24;1-3-15(29-22(26)27-2)7-8-16-17-9-13-5-4-6-20(28-12-21(24)25)18(13)10-14(17)11-19(16)23;1-2-15(29-22(27)11-23)6-7-16-17-8-13-4-3-5-20(28-12-21(25)26)18(13)9-14(17)10-19(16)24/h4-6,16-19,21,25H,3,7-14H2,1-2H3,(H,26,27);5-7,16-19,21,25H,3-4,8-14H2,1-2H3,(H,26,27);4-6,15-18,20,24H,3,7-13H2,1-2H3,(H,25,26);4-6,14-17,19,23H,3,7-12H2,1-2H3,(H,24,25);3-5,14-17,19,23-24H,2,6-12H2,1H3,(H,25,26)/t2*16-,17-,18+,19-,21+;15-,16-,17+,18-,20+;2*14-,15-,16+,17-,19+/m00000/s1. The number of rotatable bonds is 49. The van der Waals surface area contributed by atoms with Crippen molar-refractivity contribution in [2.45, 2.75) is 302 Å². The van der Waals surface area contributed by atoms with Crippen molar-refractivity contribution < 1.29 is 170 Å². The van der Waals surface area contributed by atoms with E-state index in [4.69, 9.17) is 92.2 Å². The Hall–Kier alpha value is -10.8. The van der Waals surface area contributed by atoms with Gasteiger partial charge in [-0.2, -0.15) is 0 Å². The van der Waals surface area contributed by atoms with Gasteiger partial charge in [-0.3, -0.25) is 4.79 Å². The molecule has 35 heteroatoms. The number of ether oxygens (including phenoxy) is 14. The molecule has 0 heterocycles. The van der Waals surface area contributed by atoms with Crippen LogP contribution in [0.25, 0.3) is 0 Å². The molecule has 0 spiro atoms. The van der Waals surface area contributed by atoms with Crippen molar-refractivity contribution in [2.75, 3.05) is 87.4 Å². The van der Waals surface area contributed by atoms with Crippen molar-refractivity contribution in [3.63, 3.8) is 0 Å². The summed E-state index contributed by atoms with van der Waals surface area (Å²) in [7, 11) is 4.33. The van der Waals surface area contributed by atoms with Crippen molar-refractivity contribution in [1.29, 1.82) is 0 Å². The molecule has 25 atom stereocenters. The molecule has 0 aliphatic heterocycles. The van der Waals surface area contributed by atoms with Crippen LogP contribution in [0.15, 0.2) is 91.0 Å². The van der Waals surface area contributed by atoms with Gasteiger partial charge in [0.2, 0.25) is 0 Å². The van der Waals surface area contributed by atoms with Gasteiger partial charge in [0.1, 0.15) is 79.1 Å². The molecular weight excluding hydrogens is 1940 g/mol. The van der Waals surface area contributed by atoms with E-state index < -0.39 is 54.7 Å². The monoisotopic (exact) mass is 2100 g/mol. The fourth-order valence-corrected chi connectivity index (χ4v) is 25.6. The number of aliphatic hydroxyl groups is 6. The molecule has 5 aromatic carbocycles.